The maximum Gasteiger partial charge on any atom is 0.306 e. The molecule has 0 bridgehead atoms. The molecule has 0 atom stereocenters. The Balaban J connectivity index is 2.62. The van der Waals surface area contributed by atoms with Gasteiger partial charge in [-0.2, -0.15) is 0 Å². The minimum absolute atomic E-state index is 0.0620. The van der Waals surface area contributed by atoms with E-state index in [4.69, 9.17) is 26.2 Å². The lowest BCUT2D eigenvalue weighted by molar-refractivity contribution is -0.137. The van der Waals surface area contributed by atoms with Gasteiger partial charge in [-0.15, -0.1) is 0 Å². The highest BCUT2D eigenvalue weighted by Crippen LogP contribution is 2.28. The molecule has 4 nitrogen and oxygen atoms in total. The Kier molecular flexibility index (Phi) is 4.24. The topological polar surface area (TPSA) is 55.8 Å². The zero-order chi connectivity index (χ0) is 11.3. The second-order valence-electron chi connectivity index (χ2n) is 2.79. The van der Waals surface area contributed by atoms with E-state index < -0.39 is 5.97 Å². The molecule has 0 saturated heterocycles. The average Bonchev–Trinajstić information content (AvgIpc) is 2.20. The molecule has 0 heterocycles. The first kappa shape index (κ1) is 11.7. The van der Waals surface area contributed by atoms with Crippen LogP contribution in [0.2, 0.25) is 5.02 Å². The molecule has 1 aromatic carbocycles. The van der Waals surface area contributed by atoms with Crippen molar-refractivity contribution in [1.29, 1.82) is 0 Å². The van der Waals surface area contributed by atoms with E-state index in [2.05, 4.69) is 0 Å². The highest BCUT2D eigenvalue weighted by atomic mass is 35.5. The first-order valence-electron chi connectivity index (χ1n) is 4.31. The molecular formula is C10H11ClO4. The summed E-state index contributed by atoms with van der Waals surface area (Å²) in [5.74, 6) is 0.135. The SMILES string of the molecule is COc1ccc(Cl)c(OCCC(=O)O)c1. The molecule has 0 aliphatic carbocycles. The van der Waals surface area contributed by atoms with Crippen LogP contribution in [0.1, 0.15) is 6.42 Å². The lowest BCUT2D eigenvalue weighted by Crippen LogP contribution is -2.05. The minimum atomic E-state index is -0.908. The first-order valence-corrected chi connectivity index (χ1v) is 4.69. The molecule has 5 heteroatoms. The number of methoxy groups -OCH3 is 1. The van der Waals surface area contributed by atoms with Crippen LogP contribution in [0.5, 0.6) is 11.5 Å². The van der Waals surface area contributed by atoms with Gasteiger partial charge >= 0.3 is 5.97 Å². The normalized spacial score (nSPS) is 9.73. The van der Waals surface area contributed by atoms with Gasteiger partial charge < -0.3 is 14.6 Å². The third-order valence-electron chi connectivity index (χ3n) is 1.71. The van der Waals surface area contributed by atoms with Crippen molar-refractivity contribution in [1.82, 2.24) is 0 Å². The van der Waals surface area contributed by atoms with Gasteiger partial charge in [-0.05, 0) is 12.1 Å². The molecule has 0 spiro atoms. The van der Waals surface area contributed by atoms with Crippen LogP contribution in [-0.4, -0.2) is 24.8 Å². The average molecular weight is 231 g/mol. The molecule has 0 aliphatic rings. The van der Waals surface area contributed by atoms with E-state index >= 15 is 0 Å². The molecule has 0 saturated carbocycles. The van der Waals surface area contributed by atoms with Gasteiger partial charge in [0.1, 0.15) is 11.5 Å². The summed E-state index contributed by atoms with van der Waals surface area (Å²) < 4.78 is 10.2. The van der Waals surface area contributed by atoms with Gasteiger partial charge in [-0.3, -0.25) is 4.79 Å². The van der Waals surface area contributed by atoms with Crippen molar-refractivity contribution in [2.75, 3.05) is 13.7 Å². The van der Waals surface area contributed by atoms with E-state index in [0.717, 1.165) is 0 Å². The van der Waals surface area contributed by atoms with E-state index in [9.17, 15) is 4.79 Å². The fourth-order valence-corrected chi connectivity index (χ4v) is 1.14. The van der Waals surface area contributed by atoms with Crippen molar-refractivity contribution in [3.05, 3.63) is 23.2 Å². The Morgan fingerprint density at radius 3 is 2.87 bits per heavy atom. The molecule has 1 rings (SSSR count). The molecule has 1 aromatic rings. The summed E-state index contributed by atoms with van der Waals surface area (Å²) in [7, 11) is 1.53. The second kappa shape index (κ2) is 5.46. The quantitative estimate of drug-likeness (QED) is 0.843. The van der Waals surface area contributed by atoms with Crippen LogP contribution in [0.3, 0.4) is 0 Å². The molecule has 0 radical (unpaired) electrons. The molecular weight excluding hydrogens is 220 g/mol. The van der Waals surface area contributed by atoms with Crippen molar-refractivity contribution in [2.45, 2.75) is 6.42 Å². The highest BCUT2D eigenvalue weighted by molar-refractivity contribution is 6.32. The van der Waals surface area contributed by atoms with Crippen molar-refractivity contribution in [3.63, 3.8) is 0 Å². The largest absolute Gasteiger partial charge is 0.497 e. The van der Waals surface area contributed by atoms with Crippen LogP contribution in [0.25, 0.3) is 0 Å². The Bertz CT molecular complexity index is 351. The van der Waals surface area contributed by atoms with Crippen LogP contribution in [0.15, 0.2) is 18.2 Å². The third kappa shape index (κ3) is 3.67. The van der Waals surface area contributed by atoms with Crippen molar-refractivity contribution in [2.24, 2.45) is 0 Å². The molecule has 15 heavy (non-hydrogen) atoms. The van der Waals surface area contributed by atoms with Crippen LogP contribution >= 0.6 is 11.6 Å². The molecule has 0 fully saturated rings. The van der Waals surface area contributed by atoms with Crippen molar-refractivity contribution in [3.8, 4) is 11.5 Å². The summed E-state index contributed by atoms with van der Waals surface area (Å²) in [5, 5.41) is 8.86. The third-order valence-corrected chi connectivity index (χ3v) is 2.02. The van der Waals surface area contributed by atoms with Gasteiger partial charge in [0, 0.05) is 6.07 Å². The summed E-state index contributed by atoms with van der Waals surface area (Å²) in [6.45, 7) is 0.0855. The number of carboxylic acids is 1. The molecule has 0 aliphatic heterocycles. The number of carbonyl (C=O) groups is 1. The van der Waals surface area contributed by atoms with Gasteiger partial charge in [0.2, 0.25) is 0 Å². The van der Waals surface area contributed by atoms with Gasteiger partial charge in [0.25, 0.3) is 0 Å². The van der Waals surface area contributed by atoms with Crippen molar-refractivity contribution < 1.29 is 19.4 Å². The maximum atomic E-state index is 10.3. The maximum absolute atomic E-state index is 10.3. The van der Waals surface area contributed by atoms with Crippen LogP contribution < -0.4 is 9.47 Å². The Hall–Kier alpha value is -1.42. The van der Waals surface area contributed by atoms with Crippen LogP contribution in [0.4, 0.5) is 0 Å². The lowest BCUT2D eigenvalue weighted by atomic mass is 10.3. The summed E-state index contributed by atoms with van der Waals surface area (Å²) in [6, 6.07) is 4.95. The number of halogens is 1. The fourth-order valence-electron chi connectivity index (χ4n) is 0.970. The Labute approximate surface area is 92.4 Å². The number of benzene rings is 1. The highest BCUT2D eigenvalue weighted by Gasteiger charge is 2.04. The number of carboxylic acid groups (broad SMARTS) is 1. The molecule has 0 unspecified atom stereocenters. The lowest BCUT2D eigenvalue weighted by Gasteiger charge is -2.08. The van der Waals surface area contributed by atoms with Crippen LogP contribution in [-0.2, 0) is 4.79 Å². The number of hydrogen-bond acceptors (Lipinski definition) is 3. The Morgan fingerprint density at radius 1 is 1.53 bits per heavy atom. The number of hydrogen-bond donors (Lipinski definition) is 1. The van der Waals surface area contributed by atoms with Gasteiger partial charge in [-0.25, -0.2) is 0 Å². The van der Waals surface area contributed by atoms with E-state index in [1.54, 1.807) is 18.2 Å². The molecule has 1 N–H and O–H groups in total. The predicted octanol–water partition coefficient (Wildman–Crippen LogP) is 2.20. The zero-order valence-electron chi connectivity index (χ0n) is 8.20. The summed E-state index contributed by atoms with van der Waals surface area (Å²) >= 11 is 5.84. The standard InChI is InChI=1S/C10H11ClO4/c1-14-7-2-3-8(11)9(6-7)15-5-4-10(12)13/h2-3,6H,4-5H2,1H3,(H,12,13). The monoisotopic (exact) mass is 230 g/mol. The van der Waals surface area contributed by atoms with E-state index in [0.29, 0.717) is 16.5 Å². The van der Waals surface area contributed by atoms with E-state index in [1.165, 1.54) is 7.11 Å². The number of rotatable bonds is 5. The zero-order valence-corrected chi connectivity index (χ0v) is 8.95. The summed E-state index contributed by atoms with van der Waals surface area (Å²) in [5.41, 5.74) is 0. The van der Waals surface area contributed by atoms with Crippen LogP contribution in [0, 0.1) is 0 Å². The molecule has 0 amide bonds. The number of aliphatic carboxylic acids is 1. The number of ether oxygens (including phenoxy) is 2. The fraction of sp³-hybridized carbons (Fsp3) is 0.300. The second-order valence-corrected chi connectivity index (χ2v) is 3.20. The summed E-state index contributed by atoms with van der Waals surface area (Å²) in [6.07, 6.45) is -0.0620. The molecule has 82 valence electrons. The van der Waals surface area contributed by atoms with E-state index in [-0.39, 0.29) is 13.0 Å². The van der Waals surface area contributed by atoms with E-state index in [1.807, 2.05) is 0 Å². The molecule has 0 aromatic heterocycles. The van der Waals surface area contributed by atoms with Crippen molar-refractivity contribution >= 4 is 17.6 Å². The smallest absolute Gasteiger partial charge is 0.306 e. The minimum Gasteiger partial charge on any atom is -0.497 e. The summed E-state index contributed by atoms with van der Waals surface area (Å²) in [4.78, 5) is 10.3. The predicted molar refractivity (Wildman–Crippen MR) is 55.8 cm³/mol. The first-order chi connectivity index (χ1) is 7.13. The van der Waals surface area contributed by atoms with Gasteiger partial charge in [-0.1, -0.05) is 11.6 Å². The van der Waals surface area contributed by atoms with Gasteiger partial charge in [0.15, 0.2) is 0 Å². The van der Waals surface area contributed by atoms with Gasteiger partial charge in [0.05, 0.1) is 25.2 Å². The Morgan fingerprint density at radius 2 is 2.27 bits per heavy atom.